The molecule has 3 unspecified atom stereocenters. The summed E-state index contributed by atoms with van der Waals surface area (Å²) in [6.07, 6.45) is -7.65. The number of fused-ring (bicyclic) bond motifs is 2. The Bertz CT molecular complexity index is 614. The fourth-order valence-corrected chi connectivity index (χ4v) is 3.25. The first kappa shape index (κ1) is 22.1. The number of hydrogen-bond acceptors (Lipinski definition) is 3. The van der Waals surface area contributed by atoms with Gasteiger partial charge >= 0.3 is 29.8 Å². The Morgan fingerprint density at radius 3 is 1.81 bits per heavy atom. The van der Waals surface area contributed by atoms with E-state index in [9.17, 15) is 44.3 Å². The number of hydrogen-bond donors (Lipinski definition) is 0. The van der Waals surface area contributed by atoms with Crippen LogP contribution >= 0.6 is 0 Å². The van der Waals surface area contributed by atoms with E-state index in [-0.39, 0.29) is 12.8 Å². The van der Waals surface area contributed by atoms with Gasteiger partial charge in [0, 0.05) is 11.8 Å². The normalized spacial score (nSPS) is 31.3. The quantitative estimate of drug-likeness (QED) is 0.471. The van der Waals surface area contributed by atoms with Crippen LogP contribution in [-0.2, 0) is 14.3 Å². The van der Waals surface area contributed by atoms with Gasteiger partial charge in [-0.3, -0.25) is 4.74 Å². The van der Waals surface area contributed by atoms with Gasteiger partial charge in [-0.05, 0) is 40.0 Å². The highest BCUT2D eigenvalue weighted by molar-refractivity contribution is 5.79. The second-order valence-corrected chi connectivity index (χ2v) is 7.74. The average molecular weight is 416 g/mol. The molecule has 0 aromatic carbocycles. The number of halogens is 9. The van der Waals surface area contributed by atoms with Crippen molar-refractivity contribution in [3.63, 3.8) is 0 Å². The minimum absolute atomic E-state index is 0.247. The molecule has 0 aromatic rings. The molecule has 2 aliphatic rings. The molecule has 0 heterocycles. The Hall–Kier alpha value is -1.20. The van der Waals surface area contributed by atoms with Gasteiger partial charge in [0.25, 0.3) is 5.85 Å². The highest BCUT2D eigenvalue weighted by Crippen LogP contribution is 2.64. The summed E-state index contributed by atoms with van der Waals surface area (Å²) in [6, 6.07) is 0. The van der Waals surface area contributed by atoms with Crippen LogP contribution in [0.3, 0.4) is 0 Å². The Kier molecular flexibility index (Phi) is 4.83. The van der Waals surface area contributed by atoms with Crippen molar-refractivity contribution in [1.82, 2.24) is 0 Å². The van der Waals surface area contributed by atoms with Crippen molar-refractivity contribution >= 4 is 5.97 Å². The maximum Gasteiger partial charge on any atom is 0.429 e. The minimum atomic E-state index is -6.65. The molecular weight excluding hydrogens is 399 g/mol. The van der Waals surface area contributed by atoms with Crippen molar-refractivity contribution < 1.29 is 53.8 Å². The molecule has 2 fully saturated rings. The SMILES string of the molecule is CC(C)(C)OC(=O)C(F)(F)C(F)(F)C(F)(F)OC1(F)C2CCC(C2)C1(F)F. The van der Waals surface area contributed by atoms with Crippen molar-refractivity contribution in [3.05, 3.63) is 0 Å². The van der Waals surface area contributed by atoms with Crippen LogP contribution in [0.5, 0.6) is 0 Å². The summed E-state index contributed by atoms with van der Waals surface area (Å²) >= 11 is 0. The van der Waals surface area contributed by atoms with E-state index in [1.54, 1.807) is 0 Å². The first-order valence-electron chi connectivity index (χ1n) is 7.93. The molecule has 2 saturated carbocycles. The van der Waals surface area contributed by atoms with Gasteiger partial charge in [-0.2, -0.15) is 35.1 Å². The molecule has 0 aromatic heterocycles. The van der Waals surface area contributed by atoms with E-state index < -0.39 is 59.6 Å². The van der Waals surface area contributed by atoms with Crippen LogP contribution in [0.25, 0.3) is 0 Å². The van der Waals surface area contributed by atoms with Crippen LogP contribution in [0.2, 0.25) is 0 Å². The monoisotopic (exact) mass is 416 g/mol. The predicted molar refractivity (Wildman–Crippen MR) is 71.4 cm³/mol. The summed E-state index contributed by atoms with van der Waals surface area (Å²) in [7, 11) is 0. The number of alkyl halides is 9. The van der Waals surface area contributed by atoms with Crippen LogP contribution in [0.4, 0.5) is 39.5 Å². The van der Waals surface area contributed by atoms with E-state index in [1.807, 2.05) is 0 Å². The van der Waals surface area contributed by atoms with E-state index in [4.69, 9.17) is 0 Å². The van der Waals surface area contributed by atoms with Crippen molar-refractivity contribution in [2.75, 3.05) is 0 Å². The summed E-state index contributed by atoms with van der Waals surface area (Å²) < 4.78 is 132. The fourth-order valence-electron chi connectivity index (χ4n) is 3.25. The summed E-state index contributed by atoms with van der Waals surface area (Å²) in [5.74, 6) is -28.6. The summed E-state index contributed by atoms with van der Waals surface area (Å²) in [5.41, 5.74) is -1.74. The molecule has 158 valence electrons. The maximum atomic E-state index is 14.5. The molecule has 2 bridgehead atoms. The Morgan fingerprint density at radius 2 is 1.41 bits per heavy atom. The molecule has 0 amide bonds. The number of rotatable bonds is 5. The zero-order valence-electron chi connectivity index (χ0n) is 14.4. The average Bonchev–Trinajstić information content (AvgIpc) is 2.99. The van der Waals surface area contributed by atoms with Gasteiger partial charge in [0.2, 0.25) is 0 Å². The lowest BCUT2D eigenvalue weighted by molar-refractivity contribution is -0.461. The number of carbonyl (C=O) groups is 1. The van der Waals surface area contributed by atoms with Gasteiger partial charge in [-0.25, -0.2) is 9.18 Å². The molecule has 3 atom stereocenters. The molecule has 27 heavy (non-hydrogen) atoms. The van der Waals surface area contributed by atoms with E-state index in [0.717, 1.165) is 20.8 Å². The van der Waals surface area contributed by atoms with Crippen molar-refractivity contribution in [2.24, 2.45) is 11.8 Å². The van der Waals surface area contributed by atoms with Crippen LogP contribution in [0, 0.1) is 11.8 Å². The standard InChI is InChI=1S/C15H17F9O3/c1-10(2,3)26-9(25)12(18,19)14(21,22)15(23,24)27-13(20)8-5-4-7(6-8)11(13,16)17/h7-8H,4-6H2,1-3H3. The molecule has 0 radical (unpaired) electrons. The van der Waals surface area contributed by atoms with Gasteiger partial charge in [-0.15, -0.1) is 0 Å². The summed E-state index contributed by atoms with van der Waals surface area (Å²) in [5, 5.41) is 0. The molecule has 0 spiro atoms. The molecule has 2 aliphatic carbocycles. The lowest BCUT2D eigenvalue weighted by atomic mass is 9.91. The lowest BCUT2D eigenvalue weighted by Gasteiger charge is -2.41. The molecule has 0 saturated heterocycles. The topological polar surface area (TPSA) is 35.5 Å². The van der Waals surface area contributed by atoms with Gasteiger partial charge in [0.05, 0.1) is 0 Å². The van der Waals surface area contributed by atoms with E-state index in [0.29, 0.717) is 0 Å². The smallest absolute Gasteiger partial charge is 0.429 e. The van der Waals surface area contributed by atoms with Crippen molar-refractivity contribution in [3.8, 4) is 0 Å². The summed E-state index contributed by atoms with van der Waals surface area (Å²) in [4.78, 5) is 11.3. The van der Waals surface area contributed by atoms with Gasteiger partial charge < -0.3 is 4.74 Å². The first-order chi connectivity index (χ1) is 11.8. The second-order valence-electron chi connectivity index (χ2n) is 7.74. The van der Waals surface area contributed by atoms with Gasteiger partial charge in [0.15, 0.2) is 0 Å². The second kappa shape index (κ2) is 5.90. The Balaban J connectivity index is 2.32. The zero-order valence-corrected chi connectivity index (χ0v) is 14.4. The first-order valence-corrected chi connectivity index (χ1v) is 7.93. The third-order valence-corrected chi connectivity index (χ3v) is 4.62. The maximum absolute atomic E-state index is 14.5. The van der Waals surface area contributed by atoms with Crippen LogP contribution < -0.4 is 0 Å². The minimum Gasteiger partial charge on any atom is -0.455 e. The molecule has 0 aliphatic heterocycles. The number of esters is 1. The molecule has 3 nitrogen and oxygen atoms in total. The van der Waals surface area contributed by atoms with E-state index in [2.05, 4.69) is 9.47 Å². The molecule has 2 rings (SSSR count). The van der Waals surface area contributed by atoms with Crippen molar-refractivity contribution in [1.29, 1.82) is 0 Å². The molecular formula is C15H17F9O3. The highest BCUT2D eigenvalue weighted by atomic mass is 19.4. The van der Waals surface area contributed by atoms with Crippen LogP contribution in [-0.4, -0.2) is 41.3 Å². The number of ether oxygens (including phenoxy) is 2. The third-order valence-electron chi connectivity index (χ3n) is 4.62. The highest BCUT2D eigenvalue weighted by Gasteiger charge is 2.82. The van der Waals surface area contributed by atoms with Crippen molar-refractivity contribution in [2.45, 2.75) is 75.4 Å². The largest absolute Gasteiger partial charge is 0.455 e. The molecule has 0 N–H and O–H groups in total. The van der Waals surface area contributed by atoms with Gasteiger partial charge in [-0.1, -0.05) is 0 Å². The van der Waals surface area contributed by atoms with Crippen LogP contribution in [0.15, 0.2) is 0 Å². The fraction of sp³-hybridized carbons (Fsp3) is 0.933. The predicted octanol–water partition coefficient (Wildman–Crippen LogP) is 4.94. The summed E-state index contributed by atoms with van der Waals surface area (Å²) in [6.45, 7) is 3.00. The van der Waals surface area contributed by atoms with E-state index in [1.165, 1.54) is 0 Å². The van der Waals surface area contributed by atoms with Gasteiger partial charge in [0.1, 0.15) is 5.60 Å². The Morgan fingerprint density at radius 1 is 0.926 bits per heavy atom. The zero-order chi connectivity index (χ0) is 21.3. The Labute approximate surface area is 148 Å². The van der Waals surface area contributed by atoms with Crippen LogP contribution in [0.1, 0.15) is 40.0 Å². The number of carbonyl (C=O) groups excluding carboxylic acids is 1. The molecule has 12 heteroatoms. The third kappa shape index (κ3) is 3.17. The lowest BCUT2D eigenvalue weighted by Crippen LogP contribution is -2.64. The van der Waals surface area contributed by atoms with E-state index >= 15 is 0 Å².